The van der Waals surface area contributed by atoms with Gasteiger partial charge in [0.2, 0.25) is 0 Å². The number of nitrogens with zero attached hydrogens (tertiary/aromatic N) is 3. The molecule has 7 aliphatic rings. The highest BCUT2D eigenvalue weighted by atomic mass is 16.6. The molecule has 0 aromatic rings. The summed E-state index contributed by atoms with van der Waals surface area (Å²) in [6.07, 6.45) is 16.1. The number of azide groups is 1. The van der Waals surface area contributed by atoms with E-state index < -0.39 is 30.2 Å². The molecule has 15 atom stereocenters. The maximum atomic E-state index is 11.5. The van der Waals surface area contributed by atoms with Crippen molar-refractivity contribution in [2.24, 2.45) is 52.3 Å². The van der Waals surface area contributed by atoms with E-state index in [2.05, 4.69) is 67.1 Å². The molecule has 5 N–H and O–H groups in total. The van der Waals surface area contributed by atoms with Gasteiger partial charge in [-0.15, -0.1) is 0 Å². The number of carbonyl (C=O) groups is 5. The summed E-state index contributed by atoms with van der Waals surface area (Å²) in [5.74, 6) is 0.668. The van der Waals surface area contributed by atoms with E-state index in [1.54, 1.807) is 13.0 Å². The summed E-state index contributed by atoms with van der Waals surface area (Å²) in [7, 11) is 5.51. The highest BCUT2D eigenvalue weighted by molar-refractivity contribution is 5.90. The van der Waals surface area contributed by atoms with Gasteiger partial charge in [-0.2, -0.15) is 0 Å². The van der Waals surface area contributed by atoms with Crippen LogP contribution in [0.1, 0.15) is 127 Å². The Balaban J connectivity index is 0.000000246. The number of esters is 4. The molecule has 1 heterocycles. The van der Waals surface area contributed by atoms with Gasteiger partial charge in [0.05, 0.1) is 77.2 Å². The van der Waals surface area contributed by atoms with E-state index in [4.69, 9.17) is 40.1 Å². The van der Waals surface area contributed by atoms with Gasteiger partial charge in [-0.25, -0.2) is 24.0 Å². The van der Waals surface area contributed by atoms with E-state index in [-0.39, 0.29) is 72.2 Å². The summed E-state index contributed by atoms with van der Waals surface area (Å²) in [5, 5.41) is 32.1. The van der Waals surface area contributed by atoms with E-state index in [0.717, 1.165) is 55.6 Å². The minimum absolute atomic E-state index is 0.000920. The van der Waals surface area contributed by atoms with E-state index in [0.29, 0.717) is 59.8 Å². The molecule has 1 saturated heterocycles. The van der Waals surface area contributed by atoms with Crippen LogP contribution < -0.4 is 5.73 Å². The van der Waals surface area contributed by atoms with Crippen LogP contribution in [0.5, 0.6) is 0 Å². The Morgan fingerprint density at radius 3 is 1.55 bits per heavy atom. The van der Waals surface area contributed by atoms with Crippen molar-refractivity contribution in [3.05, 3.63) is 68.7 Å². The van der Waals surface area contributed by atoms with Crippen LogP contribution in [-0.2, 0) is 57.1 Å². The van der Waals surface area contributed by atoms with Crippen LogP contribution in [0, 0.1) is 41.4 Å². The number of fused-ring (bicyclic) bond motifs is 2. The average Bonchev–Trinajstić information content (AvgIpc) is 4.34. The van der Waals surface area contributed by atoms with Crippen LogP contribution >= 0.6 is 0 Å². The van der Waals surface area contributed by atoms with Crippen molar-refractivity contribution in [1.82, 2.24) is 0 Å². The molecule has 416 valence electrons. The zero-order chi connectivity index (χ0) is 55.6. The molecule has 0 radical (unpaired) electrons. The average molecular weight is 1040 g/mol. The number of aliphatic hydroxyl groups excluding tert-OH is 2. The number of methoxy groups -OCH3 is 4. The van der Waals surface area contributed by atoms with E-state index >= 15 is 0 Å². The first-order valence-corrected chi connectivity index (χ1v) is 26.3. The second kappa shape index (κ2) is 30.6. The molecule has 0 amide bonds. The summed E-state index contributed by atoms with van der Waals surface area (Å²) in [5.41, 5.74) is 17.3. The standard InChI is InChI=1S/C14H24O4.C13H23NO3.C10H14O2.C9H13N3O3.C9H12O3/c1-5-11(6-2)18-13-8-10(14(16)17-4)7-12(15)9(13)3;1-4-10(5-2)17-12-7-9(13(15)16)6-11(14)8(12)3;1-6-3-8(10(11)12-2)4-7-5-9(6)7;1-5-3-6(9(14)15-2)4-7(8(5)13)11-12-10;1-5-3-6(9(10)11-2)4-7-8(5)12-7/h8-9,11-13,15H,5-7H2,1-4H3;7-8,10-12H,4-6,14H2,1-3H3,(H,15,16);4,6-7,9H,3,5H2,1-2H3;4-5,7-8,13H,3H2,1-2H3;4-5,7-8H,3H2,1-2H3/t9-,12-,13-;8-,11+,12-;6-,7-,9-;5-,7+,8+;5-,7-,8+/m11111/s1. The third-order valence-electron chi connectivity index (χ3n) is 15.2. The summed E-state index contributed by atoms with van der Waals surface area (Å²) in [6.45, 7) is 18.4. The number of carboxylic acids is 1. The molecule has 0 aromatic carbocycles. The molecule has 1 saturated carbocycles. The number of hydrogen-bond donors (Lipinski definition) is 4. The number of rotatable bonds is 14. The van der Waals surface area contributed by atoms with Crippen molar-refractivity contribution in [2.45, 2.75) is 187 Å². The lowest BCUT2D eigenvalue weighted by Crippen LogP contribution is -2.42. The number of allylic oxidation sites excluding steroid dienone is 1. The fourth-order valence-corrected chi connectivity index (χ4v) is 9.87. The molecule has 0 unspecified atom stereocenters. The van der Waals surface area contributed by atoms with Crippen LogP contribution in [0.3, 0.4) is 0 Å². The van der Waals surface area contributed by atoms with Crippen LogP contribution in [-0.4, -0.2) is 135 Å². The molecule has 0 bridgehead atoms. The lowest BCUT2D eigenvalue weighted by molar-refractivity contribution is -0.138. The molecule has 2 fully saturated rings. The first-order chi connectivity index (χ1) is 35.1. The van der Waals surface area contributed by atoms with Crippen molar-refractivity contribution in [2.75, 3.05) is 28.4 Å². The molecule has 0 aromatic heterocycles. The lowest BCUT2D eigenvalue weighted by atomic mass is 9.84. The normalized spacial score (nSPS) is 32.0. The fourth-order valence-electron chi connectivity index (χ4n) is 9.87. The Morgan fingerprint density at radius 2 is 1.09 bits per heavy atom. The van der Waals surface area contributed by atoms with Crippen molar-refractivity contribution < 1.29 is 72.5 Å². The van der Waals surface area contributed by atoms with Gasteiger partial charge >= 0.3 is 29.8 Å². The van der Waals surface area contributed by atoms with Gasteiger partial charge in [0.25, 0.3) is 0 Å². The van der Waals surface area contributed by atoms with Gasteiger partial charge in [-0.05, 0) is 111 Å². The van der Waals surface area contributed by atoms with Gasteiger partial charge < -0.3 is 54.2 Å². The summed E-state index contributed by atoms with van der Waals surface area (Å²) in [4.78, 5) is 58.7. The summed E-state index contributed by atoms with van der Waals surface area (Å²) < 4.78 is 35.8. The molecule has 19 heteroatoms. The maximum absolute atomic E-state index is 11.5. The monoisotopic (exact) mass is 1040 g/mol. The number of nitrogens with two attached hydrogens (primary N) is 1. The maximum Gasteiger partial charge on any atom is 0.333 e. The predicted molar refractivity (Wildman–Crippen MR) is 277 cm³/mol. The van der Waals surface area contributed by atoms with Crippen LogP contribution in [0.4, 0.5) is 0 Å². The molecular formula is C55H86N4O15. The number of carboxylic acid groups (broad SMARTS) is 1. The number of carbonyl (C=O) groups excluding carboxylic acids is 4. The zero-order valence-electron chi connectivity index (χ0n) is 45.9. The smallest absolute Gasteiger partial charge is 0.333 e. The van der Waals surface area contributed by atoms with Gasteiger partial charge in [-0.1, -0.05) is 79.6 Å². The molecule has 19 nitrogen and oxygen atoms in total. The second-order valence-corrected chi connectivity index (χ2v) is 20.5. The first-order valence-electron chi connectivity index (χ1n) is 26.3. The largest absolute Gasteiger partial charge is 0.478 e. The minimum atomic E-state index is -0.884. The van der Waals surface area contributed by atoms with E-state index in [1.807, 2.05) is 26.0 Å². The topological polar surface area (TPSA) is 289 Å². The number of aliphatic hydroxyl groups is 2. The molecule has 1 aliphatic heterocycles. The molecular weight excluding hydrogens is 957 g/mol. The Kier molecular flexibility index (Phi) is 26.2. The quantitative estimate of drug-likeness (QED) is 0.0322. The minimum Gasteiger partial charge on any atom is -0.478 e. The highest BCUT2D eigenvalue weighted by Crippen LogP contribution is 2.51. The van der Waals surface area contributed by atoms with Gasteiger partial charge in [0.15, 0.2) is 0 Å². The SMILES string of the molecule is CCC(CC)O[C@@H]1C=C(C(=O)O)C[C@H](N)[C@H]1C.CCC(CC)O[C@@H]1C=C(C(=O)OC)C[C@@H](O)[C@H]1C.COC(=O)C1=C[C@@H]2C[C@@H]2[C@H](C)C1.COC(=O)C1=C[C@H](N=[N+]=[N-])[C@@H](O)[C@H](C)C1.COC(=O)C1=C[C@H]2O[C@H]2[C@H](C)C1. The predicted octanol–water partition coefficient (Wildman–Crippen LogP) is 7.82. The first kappa shape index (κ1) is 63.4. The van der Waals surface area contributed by atoms with Crippen molar-refractivity contribution >= 4 is 29.8 Å². The fraction of sp³-hybridized carbons (Fsp3) is 0.727. The third-order valence-corrected chi connectivity index (χ3v) is 15.2. The van der Waals surface area contributed by atoms with Gasteiger partial charge in [0.1, 0.15) is 6.10 Å². The highest BCUT2D eigenvalue weighted by Gasteiger charge is 2.46. The Labute approximate surface area is 437 Å². The third kappa shape index (κ3) is 18.4. The lowest BCUT2D eigenvalue weighted by Gasteiger charge is -2.33. The van der Waals surface area contributed by atoms with Crippen LogP contribution in [0.2, 0.25) is 0 Å². The van der Waals surface area contributed by atoms with Crippen LogP contribution in [0.15, 0.2) is 63.4 Å². The van der Waals surface area contributed by atoms with E-state index in [9.17, 15) is 34.2 Å². The molecule has 74 heavy (non-hydrogen) atoms. The number of ether oxygens (including phenoxy) is 7. The van der Waals surface area contributed by atoms with E-state index in [1.165, 1.54) is 40.9 Å². The number of epoxide rings is 1. The molecule has 6 aliphatic carbocycles. The van der Waals surface area contributed by atoms with Crippen molar-refractivity contribution in [3.8, 4) is 0 Å². The van der Waals surface area contributed by atoms with Crippen LogP contribution in [0.25, 0.3) is 10.4 Å². The number of hydrogen-bond acceptors (Lipinski definition) is 16. The molecule has 0 spiro atoms. The Hall–Kier alpha value is -4.88. The summed E-state index contributed by atoms with van der Waals surface area (Å²) in [6, 6.07) is -0.821. The molecule has 7 rings (SSSR count). The number of aliphatic carboxylic acids is 1. The van der Waals surface area contributed by atoms with Gasteiger partial charge in [-0.3, -0.25) is 0 Å². The Bertz CT molecular complexity index is 2050. The zero-order valence-corrected chi connectivity index (χ0v) is 45.9. The summed E-state index contributed by atoms with van der Waals surface area (Å²) >= 11 is 0. The van der Waals surface area contributed by atoms with Crippen molar-refractivity contribution in [1.29, 1.82) is 0 Å². The van der Waals surface area contributed by atoms with Crippen molar-refractivity contribution in [3.63, 3.8) is 0 Å². The van der Waals surface area contributed by atoms with Gasteiger partial charge in [0, 0.05) is 57.1 Å². The Morgan fingerprint density at radius 1 is 0.649 bits per heavy atom. The second-order valence-electron chi connectivity index (χ2n) is 20.5.